The highest BCUT2D eigenvalue weighted by molar-refractivity contribution is 6.32. The molecule has 1 rings (SSSR count). The number of rotatable bonds is 6. The van der Waals surface area contributed by atoms with Gasteiger partial charge in [-0.05, 0) is 23.6 Å². The minimum absolute atomic E-state index is 0.00289. The number of hydrogen-bond donors (Lipinski definition) is 0. The molecule has 0 fully saturated rings. The summed E-state index contributed by atoms with van der Waals surface area (Å²) in [5.74, 6) is 1.05. The molecular formula is C13H16ClNO2. The van der Waals surface area contributed by atoms with E-state index in [-0.39, 0.29) is 6.61 Å². The summed E-state index contributed by atoms with van der Waals surface area (Å²) in [4.78, 5) is 0. The zero-order valence-corrected chi connectivity index (χ0v) is 10.8. The summed E-state index contributed by atoms with van der Waals surface area (Å²) in [5, 5.41) is 8.91. The molecule has 0 radical (unpaired) electrons. The Hall–Kier alpha value is -1.24. The molecule has 0 spiro atoms. The minimum atomic E-state index is 0.00289. The van der Waals surface area contributed by atoms with Crippen LogP contribution in [0.3, 0.4) is 0 Å². The van der Waals surface area contributed by atoms with Crippen molar-refractivity contribution < 1.29 is 9.47 Å². The van der Waals surface area contributed by atoms with Crippen LogP contribution in [0.5, 0.6) is 5.75 Å². The third kappa shape index (κ3) is 5.08. The molecule has 0 amide bonds. The van der Waals surface area contributed by atoms with Crippen LogP contribution in [0.15, 0.2) is 18.2 Å². The quantitative estimate of drug-likeness (QED) is 0.780. The molecule has 0 atom stereocenters. The van der Waals surface area contributed by atoms with E-state index in [4.69, 9.17) is 26.3 Å². The summed E-state index contributed by atoms with van der Waals surface area (Å²) < 4.78 is 10.7. The first-order valence-corrected chi connectivity index (χ1v) is 5.87. The zero-order chi connectivity index (χ0) is 12.7. The van der Waals surface area contributed by atoms with Gasteiger partial charge in [0.05, 0.1) is 11.6 Å². The molecule has 0 N–H and O–H groups in total. The first-order valence-electron chi connectivity index (χ1n) is 5.49. The third-order valence-electron chi connectivity index (χ3n) is 2.01. The number of benzene rings is 1. The second-order valence-electron chi connectivity index (χ2n) is 4.12. The minimum Gasteiger partial charge on any atom is -0.477 e. The van der Waals surface area contributed by atoms with E-state index in [2.05, 4.69) is 13.8 Å². The summed E-state index contributed by atoms with van der Waals surface area (Å²) in [7, 11) is 0. The Bertz CT molecular complexity index is 399. The lowest BCUT2D eigenvalue weighted by molar-refractivity contribution is 0.0970. The number of hydrogen-bond acceptors (Lipinski definition) is 3. The molecule has 3 nitrogen and oxygen atoms in total. The maximum Gasteiger partial charge on any atom is 0.174 e. The fourth-order valence-electron chi connectivity index (χ4n) is 1.27. The summed E-state index contributed by atoms with van der Waals surface area (Å²) in [5.41, 5.74) is 1.000. The van der Waals surface area contributed by atoms with E-state index in [0.29, 0.717) is 23.3 Å². The van der Waals surface area contributed by atoms with E-state index in [0.717, 1.165) is 12.2 Å². The highest BCUT2D eigenvalue weighted by Gasteiger charge is 2.03. The Morgan fingerprint density at radius 3 is 2.76 bits per heavy atom. The van der Waals surface area contributed by atoms with Crippen molar-refractivity contribution in [1.29, 1.82) is 5.26 Å². The van der Waals surface area contributed by atoms with Gasteiger partial charge in [0.15, 0.2) is 6.61 Å². The van der Waals surface area contributed by atoms with Crippen molar-refractivity contribution in [3.05, 3.63) is 28.8 Å². The number of nitrogens with zero attached hydrogens (tertiary/aromatic N) is 1. The molecule has 0 aliphatic heterocycles. The fourth-order valence-corrected chi connectivity index (χ4v) is 1.53. The predicted octanol–water partition coefficient (Wildman–Crippen LogP) is 3.41. The monoisotopic (exact) mass is 253 g/mol. The van der Waals surface area contributed by atoms with Gasteiger partial charge in [-0.1, -0.05) is 31.5 Å². The van der Waals surface area contributed by atoms with Crippen molar-refractivity contribution in [3.63, 3.8) is 0 Å². The molecule has 4 heteroatoms. The van der Waals surface area contributed by atoms with Crippen molar-refractivity contribution in [2.45, 2.75) is 20.5 Å². The van der Waals surface area contributed by atoms with Gasteiger partial charge in [0.1, 0.15) is 11.8 Å². The zero-order valence-electron chi connectivity index (χ0n) is 10.1. The molecular weight excluding hydrogens is 238 g/mol. The number of nitriles is 1. The highest BCUT2D eigenvalue weighted by Crippen LogP contribution is 2.25. The van der Waals surface area contributed by atoms with E-state index in [1.165, 1.54) is 0 Å². The van der Waals surface area contributed by atoms with Crippen LogP contribution in [0.25, 0.3) is 0 Å². The van der Waals surface area contributed by atoms with Gasteiger partial charge in [0.2, 0.25) is 0 Å². The van der Waals surface area contributed by atoms with Gasteiger partial charge in [-0.15, -0.1) is 0 Å². The highest BCUT2D eigenvalue weighted by atomic mass is 35.5. The molecule has 0 aromatic heterocycles. The van der Waals surface area contributed by atoms with E-state index >= 15 is 0 Å². The Labute approximate surface area is 107 Å². The molecule has 1 aromatic rings. The van der Waals surface area contributed by atoms with Gasteiger partial charge in [-0.2, -0.15) is 5.26 Å². The van der Waals surface area contributed by atoms with Crippen LogP contribution in [0, 0.1) is 17.2 Å². The first kappa shape index (κ1) is 13.8. The maximum absolute atomic E-state index is 8.40. The number of halogens is 1. The molecule has 0 aliphatic rings. The van der Waals surface area contributed by atoms with Crippen LogP contribution in [-0.4, -0.2) is 13.2 Å². The van der Waals surface area contributed by atoms with Crippen molar-refractivity contribution in [1.82, 2.24) is 0 Å². The van der Waals surface area contributed by atoms with Gasteiger partial charge in [0, 0.05) is 6.61 Å². The molecule has 0 unspecified atom stereocenters. The molecule has 92 valence electrons. The van der Waals surface area contributed by atoms with Crippen molar-refractivity contribution in [2.24, 2.45) is 5.92 Å². The van der Waals surface area contributed by atoms with E-state index in [1.807, 2.05) is 12.1 Å². The second-order valence-corrected chi connectivity index (χ2v) is 4.53. The lowest BCUT2D eigenvalue weighted by Gasteiger charge is -2.09. The van der Waals surface area contributed by atoms with E-state index < -0.39 is 0 Å². The van der Waals surface area contributed by atoms with Crippen LogP contribution in [-0.2, 0) is 11.3 Å². The second kappa shape index (κ2) is 7.16. The lowest BCUT2D eigenvalue weighted by Crippen LogP contribution is -2.02. The standard InChI is InChI=1S/C13H16ClNO2/c1-10(2)8-16-9-11-3-4-13(12(14)7-11)17-6-5-15/h3-4,7,10H,6,8-9H2,1-2H3. The Balaban J connectivity index is 2.53. The smallest absolute Gasteiger partial charge is 0.174 e. The van der Waals surface area contributed by atoms with Gasteiger partial charge >= 0.3 is 0 Å². The molecule has 0 aliphatic carbocycles. The van der Waals surface area contributed by atoms with E-state index in [1.54, 1.807) is 12.1 Å². The molecule has 0 saturated carbocycles. The number of ether oxygens (including phenoxy) is 2. The SMILES string of the molecule is CC(C)COCc1ccc(OCC#N)c(Cl)c1. The molecule has 0 heterocycles. The van der Waals surface area contributed by atoms with Gasteiger partial charge in [-0.3, -0.25) is 0 Å². The largest absolute Gasteiger partial charge is 0.477 e. The fraction of sp³-hybridized carbons (Fsp3) is 0.462. The van der Waals surface area contributed by atoms with Crippen LogP contribution >= 0.6 is 11.6 Å². The summed E-state index contributed by atoms with van der Waals surface area (Å²) in [6, 6.07) is 7.34. The van der Waals surface area contributed by atoms with Gasteiger partial charge < -0.3 is 9.47 Å². The predicted molar refractivity (Wildman–Crippen MR) is 67.1 cm³/mol. The topological polar surface area (TPSA) is 42.2 Å². The average molecular weight is 254 g/mol. The molecule has 1 aromatic carbocycles. The Kier molecular flexibility index (Phi) is 5.82. The van der Waals surface area contributed by atoms with Gasteiger partial charge in [-0.25, -0.2) is 0 Å². The van der Waals surface area contributed by atoms with Crippen molar-refractivity contribution >= 4 is 11.6 Å². The summed E-state index contributed by atoms with van der Waals surface area (Å²) >= 11 is 6.02. The average Bonchev–Trinajstić information content (AvgIpc) is 2.27. The summed E-state index contributed by atoms with van der Waals surface area (Å²) in [6.07, 6.45) is 0. The van der Waals surface area contributed by atoms with Crippen LogP contribution < -0.4 is 4.74 Å². The molecule has 0 saturated heterocycles. The normalized spacial score (nSPS) is 10.3. The first-order chi connectivity index (χ1) is 8.13. The molecule has 17 heavy (non-hydrogen) atoms. The lowest BCUT2D eigenvalue weighted by atomic mass is 10.2. The Morgan fingerprint density at radius 1 is 1.41 bits per heavy atom. The van der Waals surface area contributed by atoms with Crippen molar-refractivity contribution in [2.75, 3.05) is 13.2 Å². The molecule has 0 bridgehead atoms. The van der Waals surface area contributed by atoms with Crippen LogP contribution in [0.1, 0.15) is 19.4 Å². The van der Waals surface area contributed by atoms with Gasteiger partial charge in [0.25, 0.3) is 0 Å². The third-order valence-corrected chi connectivity index (χ3v) is 2.30. The Morgan fingerprint density at radius 2 is 2.18 bits per heavy atom. The van der Waals surface area contributed by atoms with Crippen LogP contribution in [0.2, 0.25) is 5.02 Å². The van der Waals surface area contributed by atoms with Crippen molar-refractivity contribution in [3.8, 4) is 11.8 Å². The summed E-state index contributed by atoms with van der Waals surface area (Å²) in [6.45, 7) is 5.47. The van der Waals surface area contributed by atoms with E-state index in [9.17, 15) is 0 Å². The van der Waals surface area contributed by atoms with Crippen LogP contribution in [0.4, 0.5) is 0 Å². The maximum atomic E-state index is 8.40.